The second-order valence-corrected chi connectivity index (χ2v) is 5.87. The summed E-state index contributed by atoms with van der Waals surface area (Å²) < 4.78 is 1.04. The van der Waals surface area contributed by atoms with Gasteiger partial charge in [0.15, 0.2) is 0 Å². The number of urea groups is 1. The van der Waals surface area contributed by atoms with E-state index in [1.54, 1.807) is 0 Å². The van der Waals surface area contributed by atoms with Gasteiger partial charge in [0.25, 0.3) is 0 Å². The maximum absolute atomic E-state index is 11.6. The first kappa shape index (κ1) is 15.6. The topological polar surface area (TPSA) is 81.7 Å². The Morgan fingerprint density at radius 3 is 2.71 bits per heavy atom. The van der Waals surface area contributed by atoms with Crippen molar-refractivity contribution in [3.63, 3.8) is 0 Å². The maximum atomic E-state index is 11.6. The molecule has 0 saturated carbocycles. The van der Waals surface area contributed by atoms with Crippen LogP contribution < -0.4 is 15.5 Å². The Bertz CT molecular complexity index is 507. The van der Waals surface area contributed by atoms with Gasteiger partial charge >= 0.3 is 12.0 Å². The first-order valence-electron chi connectivity index (χ1n) is 6.81. The van der Waals surface area contributed by atoms with Crippen LogP contribution in [0.1, 0.15) is 12.8 Å². The molecule has 2 amide bonds. The lowest BCUT2D eigenvalue weighted by atomic mass is 10.3. The van der Waals surface area contributed by atoms with Crippen LogP contribution in [0.5, 0.6) is 0 Å². The van der Waals surface area contributed by atoms with E-state index in [4.69, 9.17) is 5.11 Å². The van der Waals surface area contributed by atoms with Crippen molar-refractivity contribution in [1.82, 2.24) is 10.6 Å². The highest BCUT2D eigenvalue weighted by Crippen LogP contribution is 2.22. The minimum absolute atomic E-state index is 0.0664. The second-order valence-electron chi connectivity index (χ2n) is 4.95. The van der Waals surface area contributed by atoms with Crippen LogP contribution in [0.4, 0.5) is 10.5 Å². The number of aliphatic carboxylic acids is 1. The van der Waals surface area contributed by atoms with Crippen molar-refractivity contribution in [1.29, 1.82) is 0 Å². The predicted molar refractivity (Wildman–Crippen MR) is 83.5 cm³/mol. The third kappa shape index (κ3) is 4.93. The van der Waals surface area contributed by atoms with Crippen LogP contribution in [0.25, 0.3) is 0 Å². The molecule has 1 aliphatic rings. The summed E-state index contributed by atoms with van der Waals surface area (Å²) in [6.07, 6.45) is 0.811. The van der Waals surface area contributed by atoms with E-state index in [-0.39, 0.29) is 25.0 Å². The van der Waals surface area contributed by atoms with Crippen molar-refractivity contribution < 1.29 is 14.7 Å². The van der Waals surface area contributed by atoms with Crippen molar-refractivity contribution in [3.05, 3.63) is 28.7 Å². The normalized spacial score (nSPS) is 17.6. The van der Waals surface area contributed by atoms with Gasteiger partial charge in [-0.3, -0.25) is 4.79 Å². The number of carbonyl (C=O) groups excluding carboxylic acids is 1. The summed E-state index contributed by atoms with van der Waals surface area (Å²) in [6, 6.07) is 7.85. The first-order chi connectivity index (χ1) is 10.0. The van der Waals surface area contributed by atoms with E-state index in [0.29, 0.717) is 0 Å². The van der Waals surface area contributed by atoms with Crippen molar-refractivity contribution in [2.24, 2.45) is 0 Å². The van der Waals surface area contributed by atoms with Crippen molar-refractivity contribution >= 4 is 33.6 Å². The molecule has 1 aromatic carbocycles. The number of nitrogens with one attached hydrogen (secondary N) is 2. The van der Waals surface area contributed by atoms with E-state index in [2.05, 4.69) is 31.5 Å². The Morgan fingerprint density at radius 2 is 2.05 bits per heavy atom. The van der Waals surface area contributed by atoms with Crippen LogP contribution in [0.3, 0.4) is 0 Å². The van der Waals surface area contributed by atoms with E-state index in [1.165, 1.54) is 0 Å². The zero-order valence-corrected chi connectivity index (χ0v) is 13.1. The molecule has 6 nitrogen and oxygen atoms in total. The molecule has 1 saturated heterocycles. The SMILES string of the molecule is O=C(O)CCNC(=O)NC1CCN(c2ccc(Br)cc2)C1. The number of carboxylic acid groups (broad SMARTS) is 1. The molecule has 1 fully saturated rings. The van der Waals surface area contributed by atoms with Crippen LogP contribution in [-0.4, -0.2) is 42.8 Å². The van der Waals surface area contributed by atoms with Gasteiger partial charge < -0.3 is 20.6 Å². The Kier molecular flexibility index (Phi) is 5.44. The fourth-order valence-corrected chi connectivity index (χ4v) is 2.55. The summed E-state index contributed by atoms with van der Waals surface area (Å²) >= 11 is 3.41. The summed E-state index contributed by atoms with van der Waals surface area (Å²) in [4.78, 5) is 24.2. The molecule has 0 aliphatic carbocycles. The average Bonchev–Trinajstić information content (AvgIpc) is 2.87. The Labute approximate surface area is 131 Å². The van der Waals surface area contributed by atoms with Crippen molar-refractivity contribution in [2.45, 2.75) is 18.9 Å². The number of rotatable bonds is 5. The minimum atomic E-state index is -0.919. The number of carbonyl (C=O) groups is 2. The summed E-state index contributed by atoms with van der Waals surface area (Å²) in [7, 11) is 0. The van der Waals surface area contributed by atoms with E-state index in [1.807, 2.05) is 24.3 Å². The van der Waals surface area contributed by atoms with E-state index in [9.17, 15) is 9.59 Å². The van der Waals surface area contributed by atoms with Gasteiger partial charge in [0, 0.05) is 35.8 Å². The summed E-state index contributed by atoms with van der Waals surface area (Å²) in [5.74, 6) is -0.919. The van der Waals surface area contributed by atoms with E-state index >= 15 is 0 Å². The van der Waals surface area contributed by atoms with Crippen LogP contribution in [-0.2, 0) is 4.79 Å². The molecule has 114 valence electrons. The molecule has 0 radical (unpaired) electrons. The molecule has 1 unspecified atom stereocenters. The lowest BCUT2D eigenvalue weighted by Gasteiger charge is -2.19. The predicted octanol–water partition coefficient (Wildman–Crippen LogP) is 1.80. The van der Waals surface area contributed by atoms with E-state index < -0.39 is 5.97 Å². The number of nitrogens with zero attached hydrogens (tertiary/aromatic N) is 1. The Balaban J connectivity index is 1.76. The quantitative estimate of drug-likeness (QED) is 0.752. The summed E-state index contributed by atoms with van der Waals surface area (Å²) in [5, 5.41) is 13.9. The molecule has 1 atom stereocenters. The minimum Gasteiger partial charge on any atom is -0.481 e. The average molecular weight is 356 g/mol. The van der Waals surface area contributed by atoms with Crippen LogP contribution in [0, 0.1) is 0 Å². The van der Waals surface area contributed by atoms with Gasteiger partial charge in [0.2, 0.25) is 0 Å². The number of carboxylic acids is 1. The number of hydrogen-bond acceptors (Lipinski definition) is 3. The van der Waals surface area contributed by atoms with Gasteiger partial charge in [-0.05, 0) is 30.7 Å². The second kappa shape index (κ2) is 7.31. The van der Waals surface area contributed by atoms with Gasteiger partial charge in [0.1, 0.15) is 0 Å². The highest BCUT2D eigenvalue weighted by molar-refractivity contribution is 9.10. The highest BCUT2D eigenvalue weighted by atomic mass is 79.9. The van der Waals surface area contributed by atoms with Crippen LogP contribution in [0.2, 0.25) is 0 Å². The third-order valence-electron chi connectivity index (χ3n) is 3.34. The molecule has 1 heterocycles. The lowest BCUT2D eigenvalue weighted by Crippen LogP contribution is -2.43. The zero-order chi connectivity index (χ0) is 15.2. The molecule has 1 aliphatic heterocycles. The van der Waals surface area contributed by atoms with Gasteiger partial charge in [-0.2, -0.15) is 0 Å². The van der Waals surface area contributed by atoms with Gasteiger partial charge in [-0.25, -0.2) is 4.79 Å². The lowest BCUT2D eigenvalue weighted by molar-refractivity contribution is -0.136. The molecule has 2 rings (SSSR count). The summed E-state index contributed by atoms with van der Waals surface area (Å²) in [6.45, 7) is 1.79. The van der Waals surface area contributed by atoms with Gasteiger partial charge in [-0.1, -0.05) is 15.9 Å². The largest absolute Gasteiger partial charge is 0.481 e. The molecule has 7 heteroatoms. The smallest absolute Gasteiger partial charge is 0.315 e. The van der Waals surface area contributed by atoms with Gasteiger partial charge in [0.05, 0.1) is 6.42 Å². The maximum Gasteiger partial charge on any atom is 0.315 e. The molecule has 0 bridgehead atoms. The van der Waals surface area contributed by atoms with Crippen molar-refractivity contribution in [3.8, 4) is 0 Å². The molecule has 3 N–H and O–H groups in total. The first-order valence-corrected chi connectivity index (χ1v) is 7.60. The fraction of sp³-hybridized carbons (Fsp3) is 0.429. The number of benzene rings is 1. The Morgan fingerprint density at radius 1 is 1.33 bits per heavy atom. The number of amides is 2. The Hall–Kier alpha value is -1.76. The van der Waals surface area contributed by atoms with Gasteiger partial charge in [-0.15, -0.1) is 0 Å². The molecule has 21 heavy (non-hydrogen) atoms. The number of hydrogen-bond donors (Lipinski definition) is 3. The number of halogens is 1. The summed E-state index contributed by atoms with van der Waals surface area (Å²) in [5.41, 5.74) is 1.13. The molecule has 0 spiro atoms. The van der Waals surface area contributed by atoms with E-state index in [0.717, 1.165) is 29.7 Å². The zero-order valence-electron chi connectivity index (χ0n) is 11.5. The molecular weight excluding hydrogens is 338 g/mol. The molecule has 0 aromatic heterocycles. The van der Waals surface area contributed by atoms with Crippen molar-refractivity contribution in [2.75, 3.05) is 24.5 Å². The third-order valence-corrected chi connectivity index (χ3v) is 3.87. The fourth-order valence-electron chi connectivity index (χ4n) is 2.28. The monoisotopic (exact) mass is 355 g/mol. The van der Waals surface area contributed by atoms with Crippen LogP contribution >= 0.6 is 15.9 Å². The van der Waals surface area contributed by atoms with Crippen LogP contribution in [0.15, 0.2) is 28.7 Å². The number of anilines is 1. The molecular formula is C14H18BrN3O3. The standard InChI is InChI=1S/C14H18BrN3O3/c15-10-1-3-12(4-2-10)18-8-6-11(9-18)17-14(21)16-7-5-13(19)20/h1-4,11H,5-9H2,(H,19,20)(H2,16,17,21). The highest BCUT2D eigenvalue weighted by Gasteiger charge is 2.23. The molecule has 1 aromatic rings.